The van der Waals surface area contributed by atoms with Gasteiger partial charge in [-0.2, -0.15) is 0 Å². The highest BCUT2D eigenvalue weighted by atomic mass is 16.4. The molecule has 2 N–H and O–H groups in total. The van der Waals surface area contributed by atoms with Crippen LogP contribution in [0.4, 0.5) is 0 Å². The van der Waals surface area contributed by atoms with Crippen molar-refractivity contribution >= 4 is 5.97 Å². The van der Waals surface area contributed by atoms with E-state index in [0.717, 1.165) is 42.9 Å². The quantitative estimate of drug-likeness (QED) is 0.628. The maximum absolute atomic E-state index is 11.1. The first-order chi connectivity index (χ1) is 13.3. The van der Waals surface area contributed by atoms with Gasteiger partial charge in [-0.15, -0.1) is 0 Å². The van der Waals surface area contributed by atoms with E-state index in [2.05, 4.69) is 20.8 Å². The highest BCUT2D eigenvalue weighted by molar-refractivity contribution is 5.66. The van der Waals surface area contributed by atoms with Gasteiger partial charge in [-0.3, -0.25) is 4.79 Å². The predicted octanol–water partition coefficient (Wildman–Crippen LogP) is 5.90. The van der Waals surface area contributed by atoms with Crippen molar-refractivity contribution in [1.82, 2.24) is 0 Å². The van der Waals surface area contributed by atoms with Gasteiger partial charge in [0, 0.05) is 6.42 Å². The van der Waals surface area contributed by atoms with Gasteiger partial charge >= 0.3 is 5.97 Å². The number of rotatable bonds is 4. The number of hydrogen-bond acceptors (Lipinski definition) is 2. The lowest BCUT2D eigenvalue weighted by atomic mass is 9.49. The van der Waals surface area contributed by atoms with Crippen molar-refractivity contribution in [2.45, 2.75) is 104 Å². The summed E-state index contributed by atoms with van der Waals surface area (Å²) in [4.78, 5) is 11.1. The van der Waals surface area contributed by atoms with Crippen molar-refractivity contribution in [2.24, 2.45) is 46.3 Å². The third-order valence-electron chi connectivity index (χ3n) is 10.5. The number of aliphatic hydroxyl groups is 1. The minimum absolute atomic E-state index is 0.0607. The summed E-state index contributed by atoms with van der Waals surface area (Å²) < 4.78 is 0. The van der Waals surface area contributed by atoms with Crippen molar-refractivity contribution in [2.75, 3.05) is 0 Å². The van der Waals surface area contributed by atoms with E-state index in [-0.39, 0.29) is 6.10 Å². The largest absolute Gasteiger partial charge is 0.481 e. The van der Waals surface area contributed by atoms with Gasteiger partial charge in [-0.05, 0) is 111 Å². The summed E-state index contributed by atoms with van der Waals surface area (Å²) in [6.45, 7) is 7.47. The number of hydrogen-bond donors (Lipinski definition) is 2. The van der Waals surface area contributed by atoms with Gasteiger partial charge in [-0.1, -0.05) is 27.2 Å². The molecule has 9 atom stereocenters. The Morgan fingerprint density at radius 2 is 1.71 bits per heavy atom. The summed E-state index contributed by atoms with van der Waals surface area (Å²) in [7, 11) is 0. The topological polar surface area (TPSA) is 57.5 Å². The number of carboxylic acids is 1. The van der Waals surface area contributed by atoms with Crippen LogP contribution >= 0.6 is 0 Å². The number of carbonyl (C=O) groups is 1. The van der Waals surface area contributed by atoms with E-state index >= 15 is 0 Å². The fourth-order valence-electron chi connectivity index (χ4n) is 8.97. The van der Waals surface area contributed by atoms with Crippen molar-refractivity contribution in [3.8, 4) is 0 Å². The van der Waals surface area contributed by atoms with Crippen LogP contribution in [0.5, 0.6) is 0 Å². The first kappa shape index (κ1) is 20.7. The summed E-state index contributed by atoms with van der Waals surface area (Å²) in [5.41, 5.74) is 0.859. The van der Waals surface area contributed by atoms with Crippen LogP contribution in [0.25, 0.3) is 0 Å². The Morgan fingerprint density at radius 3 is 2.46 bits per heavy atom. The number of fused-ring (bicyclic) bond motifs is 5. The van der Waals surface area contributed by atoms with E-state index in [1.807, 2.05) is 0 Å². The zero-order chi connectivity index (χ0) is 20.1. The van der Waals surface area contributed by atoms with Gasteiger partial charge in [0.05, 0.1) is 6.10 Å². The highest BCUT2D eigenvalue weighted by Crippen LogP contribution is 2.67. The molecule has 3 heteroatoms. The summed E-state index contributed by atoms with van der Waals surface area (Å²) in [6.07, 6.45) is 13.8. The second-order valence-electron chi connectivity index (χ2n) is 11.6. The molecular weight excluding hydrogens is 348 g/mol. The predicted molar refractivity (Wildman–Crippen MR) is 112 cm³/mol. The molecule has 4 aliphatic rings. The Labute approximate surface area is 171 Å². The molecule has 28 heavy (non-hydrogen) atoms. The third-order valence-corrected chi connectivity index (χ3v) is 10.5. The second-order valence-corrected chi connectivity index (χ2v) is 11.6. The normalized spacial score (nSPS) is 49.4. The Bertz CT molecular complexity index is 588. The molecule has 0 spiro atoms. The van der Waals surface area contributed by atoms with Crippen LogP contribution in [-0.4, -0.2) is 22.3 Å². The molecule has 0 radical (unpaired) electrons. The highest BCUT2D eigenvalue weighted by Gasteiger charge is 2.59. The molecule has 4 saturated carbocycles. The average molecular weight is 391 g/mol. The number of aliphatic carboxylic acids is 1. The molecule has 3 nitrogen and oxygen atoms in total. The lowest BCUT2D eigenvalue weighted by molar-refractivity contribution is -0.137. The molecule has 0 saturated heterocycles. The number of carboxylic acid groups (broad SMARTS) is 1. The second kappa shape index (κ2) is 7.60. The summed E-state index contributed by atoms with van der Waals surface area (Å²) in [5, 5.41) is 19.4. The molecule has 0 aromatic carbocycles. The van der Waals surface area contributed by atoms with E-state index < -0.39 is 5.97 Å². The fraction of sp³-hybridized carbons (Fsp3) is 0.960. The van der Waals surface area contributed by atoms with Crippen molar-refractivity contribution in [3.63, 3.8) is 0 Å². The van der Waals surface area contributed by atoms with E-state index in [4.69, 9.17) is 5.11 Å². The Hall–Kier alpha value is -0.570. The van der Waals surface area contributed by atoms with Gasteiger partial charge in [0.15, 0.2) is 0 Å². The van der Waals surface area contributed by atoms with Crippen LogP contribution < -0.4 is 0 Å². The van der Waals surface area contributed by atoms with Crippen LogP contribution in [-0.2, 0) is 4.79 Å². The Kier molecular flexibility index (Phi) is 5.61. The summed E-state index contributed by atoms with van der Waals surface area (Å²) >= 11 is 0. The molecule has 0 aromatic rings. The molecule has 4 fully saturated rings. The zero-order valence-electron chi connectivity index (χ0n) is 18.3. The van der Waals surface area contributed by atoms with Crippen molar-refractivity contribution < 1.29 is 15.0 Å². The smallest absolute Gasteiger partial charge is 0.303 e. The van der Waals surface area contributed by atoms with E-state index in [1.165, 1.54) is 51.4 Å². The standard InChI is InChI=1S/C25H42O3/c1-16(7-10-23(27)28)20-8-9-21-19-6-4-5-17-15-18(26)11-13-24(17,2)22(19)12-14-25(20,21)3/h16-22,26H,4-15H2,1-3H3,(H,27,28)/t16-,17-,18-,19+,20?,21?,22?,24+,25?/m1/s1. The molecule has 4 unspecified atom stereocenters. The average Bonchev–Trinajstić information content (AvgIpc) is 2.92. The molecule has 4 aliphatic carbocycles. The van der Waals surface area contributed by atoms with Gasteiger partial charge in [-0.25, -0.2) is 0 Å². The fourth-order valence-corrected chi connectivity index (χ4v) is 8.97. The lowest BCUT2D eigenvalue weighted by Gasteiger charge is -2.56. The first-order valence-corrected chi connectivity index (χ1v) is 12.2. The van der Waals surface area contributed by atoms with Crippen LogP contribution in [0.2, 0.25) is 0 Å². The molecule has 0 aromatic heterocycles. The van der Waals surface area contributed by atoms with Crippen LogP contribution in [0, 0.1) is 46.3 Å². The first-order valence-electron chi connectivity index (χ1n) is 12.2. The van der Waals surface area contributed by atoms with Crippen LogP contribution in [0.3, 0.4) is 0 Å². The SMILES string of the molecule is C[C@H](CCC(=O)O)C1CCC2[C@@H]3CCC[C@@H]4C[C@H](O)CC[C@]4(C)C3CCC21C. The molecule has 0 bridgehead atoms. The van der Waals surface area contributed by atoms with Crippen LogP contribution in [0.15, 0.2) is 0 Å². The van der Waals surface area contributed by atoms with Crippen LogP contribution in [0.1, 0.15) is 97.8 Å². The number of aliphatic hydroxyl groups excluding tert-OH is 1. The summed E-state index contributed by atoms with van der Waals surface area (Å²) in [5.74, 6) is 3.87. The molecule has 0 amide bonds. The van der Waals surface area contributed by atoms with Gasteiger partial charge < -0.3 is 10.2 Å². The van der Waals surface area contributed by atoms with Gasteiger partial charge in [0.2, 0.25) is 0 Å². The van der Waals surface area contributed by atoms with E-state index in [9.17, 15) is 9.90 Å². The maximum atomic E-state index is 11.1. The van der Waals surface area contributed by atoms with Crippen molar-refractivity contribution in [1.29, 1.82) is 0 Å². The molecule has 160 valence electrons. The molecule has 0 aliphatic heterocycles. The minimum Gasteiger partial charge on any atom is -0.481 e. The summed E-state index contributed by atoms with van der Waals surface area (Å²) in [6, 6.07) is 0. The Morgan fingerprint density at radius 1 is 1.00 bits per heavy atom. The van der Waals surface area contributed by atoms with Gasteiger partial charge in [0.25, 0.3) is 0 Å². The molecular formula is C25H42O3. The monoisotopic (exact) mass is 390 g/mol. The van der Waals surface area contributed by atoms with E-state index in [1.54, 1.807) is 0 Å². The van der Waals surface area contributed by atoms with E-state index in [0.29, 0.717) is 29.1 Å². The zero-order valence-corrected chi connectivity index (χ0v) is 18.3. The Balaban J connectivity index is 1.54. The lowest BCUT2D eigenvalue weighted by Crippen LogP contribution is -2.50. The van der Waals surface area contributed by atoms with Crippen molar-refractivity contribution in [3.05, 3.63) is 0 Å². The molecule has 0 heterocycles. The van der Waals surface area contributed by atoms with Gasteiger partial charge in [0.1, 0.15) is 0 Å². The third kappa shape index (κ3) is 3.34. The molecule has 4 rings (SSSR count). The minimum atomic E-state index is -0.641. The maximum Gasteiger partial charge on any atom is 0.303 e.